The molecule has 0 spiro atoms. The summed E-state index contributed by atoms with van der Waals surface area (Å²) in [6.07, 6.45) is 8.89. The van der Waals surface area contributed by atoms with Crippen LogP contribution in [0.3, 0.4) is 0 Å². The Bertz CT molecular complexity index is 1320. The fourth-order valence-corrected chi connectivity index (χ4v) is 5.79. The van der Waals surface area contributed by atoms with Gasteiger partial charge in [0.1, 0.15) is 6.04 Å². The summed E-state index contributed by atoms with van der Waals surface area (Å²) in [5, 5.41) is 10.0. The first-order chi connectivity index (χ1) is 18.4. The number of imide groups is 2. The minimum Gasteiger partial charge on any atom is -0.380 e. The zero-order valence-electron chi connectivity index (χ0n) is 21.0. The number of benzene rings is 1. The second-order valence-electron chi connectivity index (χ2n) is 10.5. The number of fused-ring (bicyclic) bond motifs is 1. The lowest BCUT2D eigenvalue weighted by Crippen LogP contribution is -2.54. The molecule has 2 aromatic rings. The molecule has 2 N–H and O–H groups in total. The topological polar surface area (TPSA) is 134 Å². The monoisotopic (exact) mass is 518 g/mol. The third-order valence-electron chi connectivity index (χ3n) is 8.21. The van der Waals surface area contributed by atoms with E-state index in [4.69, 9.17) is 0 Å². The minimum absolute atomic E-state index is 0.0781. The molecule has 1 atom stereocenters. The normalized spacial score (nSPS) is 22.4. The van der Waals surface area contributed by atoms with Crippen molar-refractivity contribution >= 4 is 35.2 Å². The Kier molecular flexibility index (Phi) is 6.21. The number of hydrogen-bond donors (Lipinski definition) is 2. The Morgan fingerprint density at radius 2 is 1.82 bits per heavy atom. The molecule has 5 amide bonds. The third kappa shape index (κ3) is 4.25. The van der Waals surface area contributed by atoms with Crippen LogP contribution in [0, 0.1) is 5.92 Å². The molecule has 6 rings (SSSR count). The summed E-state index contributed by atoms with van der Waals surface area (Å²) in [7, 11) is 0. The predicted molar refractivity (Wildman–Crippen MR) is 135 cm³/mol. The maximum Gasteiger partial charge on any atom is 0.264 e. The Hall–Kier alpha value is -4.02. The van der Waals surface area contributed by atoms with Crippen molar-refractivity contribution in [1.29, 1.82) is 0 Å². The number of carbonyl (C=O) groups excluding carboxylic acids is 5. The second-order valence-corrected chi connectivity index (χ2v) is 10.5. The summed E-state index contributed by atoms with van der Waals surface area (Å²) in [5.41, 5.74) is 1.90. The van der Waals surface area contributed by atoms with Crippen LogP contribution in [0.5, 0.6) is 0 Å². The predicted octanol–water partition coefficient (Wildman–Crippen LogP) is 1.86. The van der Waals surface area contributed by atoms with Gasteiger partial charge in [0.25, 0.3) is 11.8 Å². The quantitative estimate of drug-likeness (QED) is 0.558. The van der Waals surface area contributed by atoms with Crippen LogP contribution in [0.1, 0.15) is 77.3 Å². The molecule has 3 fully saturated rings. The minimum atomic E-state index is -0.999. The average molecular weight is 519 g/mol. The van der Waals surface area contributed by atoms with E-state index in [9.17, 15) is 24.0 Å². The van der Waals surface area contributed by atoms with Crippen molar-refractivity contribution in [2.45, 2.75) is 63.6 Å². The van der Waals surface area contributed by atoms with Crippen molar-refractivity contribution < 1.29 is 24.0 Å². The van der Waals surface area contributed by atoms with Gasteiger partial charge in [0, 0.05) is 49.4 Å². The number of anilines is 1. The van der Waals surface area contributed by atoms with Crippen LogP contribution in [0.2, 0.25) is 0 Å². The Balaban J connectivity index is 1.10. The van der Waals surface area contributed by atoms with E-state index in [2.05, 4.69) is 15.7 Å². The number of likely N-dealkylation sites (tertiary alicyclic amines) is 1. The Morgan fingerprint density at radius 1 is 1.03 bits per heavy atom. The van der Waals surface area contributed by atoms with Gasteiger partial charge in [0.05, 0.1) is 23.4 Å². The van der Waals surface area contributed by atoms with Crippen molar-refractivity contribution in [3.63, 3.8) is 0 Å². The number of nitrogens with one attached hydrogen (secondary N) is 2. The van der Waals surface area contributed by atoms with Gasteiger partial charge in [-0.1, -0.05) is 12.5 Å². The van der Waals surface area contributed by atoms with Crippen LogP contribution >= 0.6 is 0 Å². The number of piperidine rings is 2. The number of carbonyl (C=O) groups is 5. The summed E-state index contributed by atoms with van der Waals surface area (Å²) >= 11 is 0. The fourth-order valence-electron chi connectivity index (χ4n) is 5.79. The van der Waals surface area contributed by atoms with Crippen molar-refractivity contribution in [3.05, 3.63) is 47.3 Å². The van der Waals surface area contributed by atoms with E-state index < -0.39 is 29.7 Å². The smallest absolute Gasteiger partial charge is 0.264 e. The van der Waals surface area contributed by atoms with Crippen LogP contribution in [0.25, 0.3) is 0 Å². The molecular weight excluding hydrogens is 488 g/mol. The van der Waals surface area contributed by atoms with E-state index in [1.54, 1.807) is 24.4 Å². The molecule has 11 nitrogen and oxygen atoms in total. The van der Waals surface area contributed by atoms with E-state index in [0.717, 1.165) is 55.7 Å². The first kappa shape index (κ1) is 24.3. The summed E-state index contributed by atoms with van der Waals surface area (Å²) in [6.45, 7) is 1.90. The van der Waals surface area contributed by atoms with Crippen LogP contribution in [0.4, 0.5) is 5.69 Å². The van der Waals surface area contributed by atoms with E-state index in [-0.39, 0.29) is 35.9 Å². The molecular formula is C27H30N6O5. The highest BCUT2D eigenvalue weighted by Crippen LogP contribution is 2.33. The number of amides is 5. The van der Waals surface area contributed by atoms with Gasteiger partial charge in [0.15, 0.2) is 0 Å². The molecule has 1 unspecified atom stereocenters. The zero-order chi connectivity index (χ0) is 26.4. The van der Waals surface area contributed by atoms with Crippen molar-refractivity contribution in [3.8, 4) is 0 Å². The fraction of sp³-hybridized carbons (Fsp3) is 0.481. The number of aromatic nitrogens is 2. The molecule has 11 heteroatoms. The molecule has 4 heterocycles. The van der Waals surface area contributed by atoms with Gasteiger partial charge in [-0.3, -0.25) is 38.9 Å². The van der Waals surface area contributed by atoms with Gasteiger partial charge >= 0.3 is 0 Å². The molecule has 38 heavy (non-hydrogen) atoms. The summed E-state index contributed by atoms with van der Waals surface area (Å²) < 4.78 is 1.96. The average Bonchev–Trinajstić information content (AvgIpc) is 3.45. The van der Waals surface area contributed by atoms with Gasteiger partial charge in [-0.05, 0) is 44.2 Å². The van der Waals surface area contributed by atoms with E-state index in [1.165, 1.54) is 0 Å². The highest BCUT2D eigenvalue weighted by atomic mass is 16.2. The van der Waals surface area contributed by atoms with Gasteiger partial charge < -0.3 is 10.2 Å². The maximum atomic E-state index is 13.3. The molecule has 1 aromatic carbocycles. The van der Waals surface area contributed by atoms with Gasteiger partial charge in [-0.2, -0.15) is 5.10 Å². The first-order valence-electron chi connectivity index (χ1n) is 13.3. The summed E-state index contributed by atoms with van der Waals surface area (Å²) in [6, 6.07) is 4.24. The second kappa shape index (κ2) is 9.70. The van der Waals surface area contributed by atoms with E-state index in [0.29, 0.717) is 18.1 Å². The number of hydrogen-bond acceptors (Lipinski definition) is 7. The van der Waals surface area contributed by atoms with E-state index >= 15 is 0 Å². The van der Waals surface area contributed by atoms with Crippen LogP contribution in [0.15, 0.2) is 30.6 Å². The van der Waals surface area contributed by atoms with Crippen molar-refractivity contribution in [2.24, 2.45) is 5.92 Å². The summed E-state index contributed by atoms with van der Waals surface area (Å²) in [4.78, 5) is 65.7. The molecule has 3 aliphatic heterocycles. The molecule has 198 valence electrons. The Labute approximate surface area is 219 Å². The highest BCUT2D eigenvalue weighted by molar-refractivity contribution is 6.25. The lowest BCUT2D eigenvalue weighted by Gasteiger charge is -2.36. The molecule has 2 saturated heterocycles. The van der Waals surface area contributed by atoms with Crippen molar-refractivity contribution in [2.75, 3.05) is 18.4 Å². The lowest BCUT2D eigenvalue weighted by molar-refractivity contribution is -0.139. The lowest BCUT2D eigenvalue weighted by atomic mass is 9.84. The van der Waals surface area contributed by atoms with E-state index in [1.807, 2.05) is 15.8 Å². The Morgan fingerprint density at radius 3 is 2.53 bits per heavy atom. The number of nitrogens with zero attached hydrogens (tertiary/aromatic N) is 4. The third-order valence-corrected chi connectivity index (χ3v) is 8.21. The van der Waals surface area contributed by atoms with Gasteiger partial charge in [-0.15, -0.1) is 0 Å². The summed E-state index contributed by atoms with van der Waals surface area (Å²) in [5.74, 6) is -1.57. The van der Waals surface area contributed by atoms with Crippen LogP contribution in [-0.4, -0.2) is 68.2 Å². The van der Waals surface area contributed by atoms with Gasteiger partial charge in [-0.25, -0.2) is 0 Å². The SMILES string of the molecule is O=C1CCC(N2C(=O)c3cccc(NCc4cnn(C5CCN(C(=O)C6CCC6)CC5)c4)c3C2=O)C(=O)N1. The molecule has 1 aliphatic carbocycles. The molecule has 0 radical (unpaired) electrons. The standard InChI is InChI=1S/C27H30N6O5/c34-22-8-7-21(24(35)30-22)33-26(37)19-5-2-6-20(23(19)27(33)38)28-13-16-14-29-32(15-16)18-9-11-31(12-10-18)25(36)17-3-1-4-17/h2,5-6,14-15,17-18,21,28H,1,3-4,7-13H2,(H,30,34,35). The first-order valence-corrected chi connectivity index (χ1v) is 13.3. The largest absolute Gasteiger partial charge is 0.380 e. The molecule has 4 aliphatic rings. The van der Waals surface area contributed by atoms with Gasteiger partial charge in [0.2, 0.25) is 17.7 Å². The molecule has 1 aromatic heterocycles. The van der Waals surface area contributed by atoms with Crippen LogP contribution in [-0.2, 0) is 20.9 Å². The zero-order valence-corrected chi connectivity index (χ0v) is 21.0. The number of rotatable bonds is 6. The highest BCUT2D eigenvalue weighted by Gasteiger charge is 2.45. The van der Waals surface area contributed by atoms with Crippen LogP contribution < -0.4 is 10.6 Å². The molecule has 0 bridgehead atoms. The maximum absolute atomic E-state index is 13.3. The van der Waals surface area contributed by atoms with Crippen molar-refractivity contribution in [1.82, 2.24) is 24.9 Å². The molecule has 1 saturated carbocycles.